The summed E-state index contributed by atoms with van der Waals surface area (Å²) in [7, 11) is 0. The van der Waals surface area contributed by atoms with Crippen LogP contribution in [0.5, 0.6) is 0 Å². The number of rotatable bonds is 0. The van der Waals surface area contributed by atoms with E-state index in [9.17, 15) is 21.0 Å². The van der Waals surface area contributed by atoms with E-state index in [0.29, 0.717) is 38.5 Å². The molecule has 0 aliphatic heterocycles. The highest BCUT2D eigenvalue weighted by molar-refractivity contribution is 5.33. The zero-order chi connectivity index (χ0) is 13.1. The van der Waals surface area contributed by atoms with E-state index in [1.165, 1.54) is 0 Å². The maximum Gasteiger partial charge on any atom is 0.0691 e. The normalized spacial score (nSPS) is 51.8. The minimum Gasteiger partial charge on any atom is -0.198 e. The molecule has 0 amide bonds. The van der Waals surface area contributed by atoms with E-state index in [0.717, 1.165) is 0 Å². The Labute approximate surface area is 106 Å². The monoisotopic (exact) mass is 236 g/mol. The second kappa shape index (κ2) is 2.85. The average Bonchev–Trinajstić information content (AvgIpc) is 2.37. The summed E-state index contributed by atoms with van der Waals surface area (Å²) in [5.41, 5.74) is -2.52. The Bertz CT molecular complexity index is 448. The van der Waals surface area contributed by atoms with E-state index in [-0.39, 0.29) is 0 Å². The van der Waals surface area contributed by atoms with Crippen molar-refractivity contribution in [2.45, 2.75) is 38.5 Å². The summed E-state index contributed by atoms with van der Waals surface area (Å²) >= 11 is 0. The van der Waals surface area contributed by atoms with Crippen LogP contribution in [0, 0.1) is 67.0 Å². The van der Waals surface area contributed by atoms with Gasteiger partial charge in [-0.15, -0.1) is 0 Å². The minimum atomic E-state index is -0.629. The first kappa shape index (κ1) is 11.1. The van der Waals surface area contributed by atoms with Crippen molar-refractivity contribution in [3.05, 3.63) is 0 Å². The zero-order valence-corrected chi connectivity index (χ0v) is 10.0. The van der Waals surface area contributed by atoms with Crippen LogP contribution in [0.15, 0.2) is 0 Å². The van der Waals surface area contributed by atoms with Crippen molar-refractivity contribution in [1.29, 1.82) is 21.0 Å². The van der Waals surface area contributed by atoms with Crippen molar-refractivity contribution < 1.29 is 0 Å². The van der Waals surface area contributed by atoms with E-state index in [1.807, 2.05) is 0 Å². The van der Waals surface area contributed by atoms with Gasteiger partial charge in [-0.3, -0.25) is 0 Å². The van der Waals surface area contributed by atoms with Crippen LogP contribution in [0.25, 0.3) is 0 Å². The molecule has 4 fully saturated rings. The molecule has 4 aliphatic rings. The molecule has 4 bridgehead atoms. The van der Waals surface area contributed by atoms with Crippen molar-refractivity contribution >= 4 is 0 Å². The zero-order valence-electron chi connectivity index (χ0n) is 10.0. The van der Waals surface area contributed by atoms with Crippen molar-refractivity contribution in [2.24, 2.45) is 21.7 Å². The summed E-state index contributed by atoms with van der Waals surface area (Å²) < 4.78 is 0. The first-order valence-corrected chi connectivity index (χ1v) is 6.14. The lowest BCUT2D eigenvalue weighted by molar-refractivity contribution is -0.116. The van der Waals surface area contributed by atoms with Gasteiger partial charge in [0.15, 0.2) is 0 Å². The first-order valence-electron chi connectivity index (χ1n) is 6.14. The number of hydrogen-bond donors (Lipinski definition) is 0. The second-order valence-electron chi connectivity index (χ2n) is 6.63. The Morgan fingerprint density at radius 1 is 0.444 bits per heavy atom. The lowest BCUT2D eigenvalue weighted by Crippen LogP contribution is -2.59. The smallest absolute Gasteiger partial charge is 0.0691 e. The standard InChI is InChI=1S/C14H12N4/c15-7-11-1-12(8-16)4-13(2-11,9-17)6-14(3-11,5-12)10-18/h1-6H2. The summed E-state index contributed by atoms with van der Waals surface area (Å²) in [4.78, 5) is 0. The van der Waals surface area contributed by atoms with Crippen LogP contribution in [-0.4, -0.2) is 0 Å². The predicted octanol–water partition coefficient (Wildman–Crippen LogP) is 2.41. The molecule has 0 aromatic rings. The van der Waals surface area contributed by atoms with Crippen molar-refractivity contribution in [2.75, 3.05) is 0 Å². The third-order valence-corrected chi connectivity index (χ3v) is 5.01. The Morgan fingerprint density at radius 3 is 0.722 bits per heavy atom. The van der Waals surface area contributed by atoms with Crippen LogP contribution in [0.2, 0.25) is 0 Å². The Balaban J connectivity index is 2.22. The van der Waals surface area contributed by atoms with E-state index in [1.54, 1.807) is 0 Å². The van der Waals surface area contributed by atoms with Gasteiger partial charge in [-0.2, -0.15) is 21.0 Å². The van der Waals surface area contributed by atoms with Crippen molar-refractivity contribution in [3.63, 3.8) is 0 Å². The third kappa shape index (κ3) is 1.11. The minimum absolute atomic E-state index is 0.542. The Kier molecular flexibility index (Phi) is 1.76. The van der Waals surface area contributed by atoms with Gasteiger partial charge >= 0.3 is 0 Å². The third-order valence-electron chi connectivity index (χ3n) is 5.01. The molecule has 18 heavy (non-hydrogen) atoms. The summed E-state index contributed by atoms with van der Waals surface area (Å²) in [5, 5.41) is 37.9. The van der Waals surface area contributed by atoms with Gasteiger partial charge in [0.2, 0.25) is 0 Å². The number of hydrogen-bond acceptors (Lipinski definition) is 4. The van der Waals surface area contributed by atoms with Gasteiger partial charge in [-0.05, 0) is 38.5 Å². The molecule has 88 valence electrons. The molecule has 0 heterocycles. The number of nitrogens with zero attached hydrogens (tertiary/aromatic N) is 4. The maximum atomic E-state index is 9.48. The maximum absolute atomic E-state index is 9.48. The highest BCUT2D eigenvalue weighted by Crippen LogP contribution is 2.73. The van der Waals surface area contributed by atoms with Crippen molar-refractivity contribution in [1.82, 2.24) is 0 Å². The molecule has 0 radical (unpaired) electrons. The second-order valence-corrected chi connectivity index (χ2v) is 6.63. The molecular formula is C14H12N4. The highest BCUT2D eigenvalue weighted by atomic mass is 14.7. The van der Waals surface area contributed by atoms with Crippen LogP contribution in [0.3, 0.4) is 0 Å². The summed E-state index contributed by atoms with van der Waals surface area (Å²) in [6, 6.07) is 9.33. The molecule has 0 spiro atoms. The lowest BCUT2D eigenvalue weighted by atomic mass is 9.36. The number of nitriles is 4. The summed E-state index contributed by atoms with van der Waals surface area (Å²) in [6.45, 7) is 0. The SMILES string of the molecule is N#CC12CC3(C#N)CC(C#N)(C1)CC(C#N)(C2)C3. The molecule has 0 atom stereocenters. The molecule has 4 saturated carbocycles. The van der Waals surface area contributed by atoms with E-state index < -0.39 is 21.7 Å². The fraction of sp³-hybridized carbons (Fsp3) is 0.714. The van der Waals surface area contributed by atoms with Crippen LogP contribution < -0.4 is 0 Å². The van der Waals surface area contributed by atoms with Gasteiger partial charge in [0.1, 0.15) is 0 Å². The molecule has 0 aromatic carbocycles. The molecule has 4 heteroatoms. The van der Waals surface area contributed by atoms with Gasteiger partial charge in [-0.1, -0.05) is 0 Å². The Hall–Kier alpha value is -2.04. The van der Waals surface area contributed by atoms with Crippen LogP contribution in [-0.2, 0) is 0 Å². The molecule has 4 nitrogen and oxygen atoms in total. The van der Waals surface area contributed by atoms with E-state index in [4.69, 9.17) is 0 Å². The van der Waals surface area contributed by atoms with E-state index in [2.05, 4.69) is 24.3 Å². The highest BCUT2D eigenvalue weighted by Gasteiger charge is 2.69. The van der Waals surface area contributed by atoms with Gasteiger partial charge < -0.3 is 0 Å². The summed E-state index contributed by atoms with van der Waals surface area (Å²) in [6.07, 6.45) is 3.25. The summed E-state index contributed by atoms with van der Waals surface area (Å²) in [5.74, 6) is 0. The molecule has 0 N–H and O–H groups in total. The molecule has 4 rings (SSSR count). The van der Waals surface area contributed by atoms with Gasteiger partial charge in [0.05, 0.1) is 45.9 Å². The Morgan fingerprint density at radius 2 is 0.611 bits per heavy atom. The van der Waals surface area contributed by atoms with E-state index >= 15 is 0 Å². The van der Waals surface area contributed by atoms with Gasteiger partial charge in [0, 0.05) is 0 Å². The van der Waals surface area contributed by atoms with Gasteiger partial charge in [0.25, 0.3) is 0 Å². The largest absolute Gasteiger partial charge is 0.198 e. The van der Waals surface area contributed by atoms with Crippen LogP contribution >= 0.6 is 0 Å². The average molecular weight is 236 g/mol. The fourth-order valence-corrected chi connectivity index (χ4v) is 5.11. The van der Waals surface area contributed by atoms with Crippen LogP contribution in [0.1, 0.15) is 38.5 Å². The fourth-order valence-electron chi connectivity index (χ4n) is 5.11. The first-order chi connectivity index (χ1) is 8.49. The molecular weight excluding hydrogens is 224 g/mol. The lowest BCUT2D eigenvalue weighted by Gasteiger charge is -2.62. The molecule has 0 unspecified atom stereocenters. The van der Waals surface area contributed by atoms with Crippen LogP contribution in [0.4, 0.5) is 0 Å². The molecule has 4 aliphatic carbocycles. The molecule has 0 saturated heterocycles. The predicted molar refractivity (Wildman–Crippen MR) is 59.9 cm³/mol. The molecule has 0 aromatic heterocycles. The topological polar surface area (TPSA) is 95.2 Å². The van der Waals surface area contributed by atoms with Crippen molar-refractivity contribution in [3.8, 4) is 24.3 Å². The quantitative estimate of drug-likeness (QED) is 0.645. The van der Waals surface area contributed by atoms with Gasteiger partial charge in [-0.25, -0.2) is 0 Å².